The van der Waals surface area contributed by atoms with Crippen molar-refractivity contribution >= 4 is 5.91 Å². The van der Waals surface area contributed by atoms with Crippen LogP contribution in [0.4, 0.5) is 0 Å². The molecule has 1 atom stereocenters. The summed E-state index contributed by atoms with van der Waals surface area (Å²) in [6, 6.07) is 11.6. The van der Waals surface area contributed by atoms with E-state index in [0.29, 0.717) is 23.6 Å². The van der Waals surface area contributed by atoms with E-state index in [9.17, 15) is 10.1 Å². The van der Waals surface area contributed by atoms with Gasteiger partial charge in [-0.2, -0.15) is 5.26 Å². The monoisotopic (exact) mass is 374 g/mol. The average molecular weight is 374 g/mol. The Balaban J connectivity index is 1.62. The highest BCUT2D eigenvalue weighted by atomic mass is 16.1. The molecule has 5 nitrogen and oxygen atoms in total. The predicted octanol–water partition coefficient (Wildman–Crippen LogP) is 3.47. The van der Waals surface area contributed by atoms with Crippen molar-refractivity contribution in [2.24, 2.45) is 5.92 Å². The Morgan fingerprint density at radius 3 is 2.79 bits per heavy atom. The summed E-state index contributed by atoms with van der Waals surface area (Å²) in [5.74, 6) is 0.450. The van der Waals surface area contributed by atoms with Gasteiger partial charge in [0.05, 0.1) is 17.0 Å². The molecule has 0 aliphatic carbocycles. The molecule has 1 saturated heterocycles. The summed E-state index contributed by atoms with van der Waals surface area (Å²) in [4.78, 5) is 19.3. The first kappa shape index (κ1) is 19.8. The third-order valence-electron chi connectivity index (χ3n) is 5.26. The fraction of sp³-hybridized carbons (Fsp3) is 0.348. The smallest absolute Gasteiger partial charge is 0.251 e. The molecule has 1 aromatic carbocycles. The minimum Gasteiger partial charge on any atom is -0.352 e. The van der Waals surface area contributed by atoms with Crippen LogP contribution in [0.2, 0.25) is 0 Å². The van der Waals surface area contributed by atoms with Crippen LogP contribution >= 0.6 is 0 Å². The number of benzene rings is 1. The Morgan fingerprint density at radius 2 is 2.14 bits per heavy atom. The molecule has 0 radical (unpaired) electrons. The molecule has 2 aromatic rings. The largest absolute Gasteiger partial charge is 0.352 e. The van der Waals surface area contributed by atoms with Crippen LogP contribution in [-0.2, 0) is 0 Å². The Hall–Kier alpha value is -2.97. The molecule has 144 valence electrons. The van der Waals surface area contributed by atoms with Gasteiger partial charge in [0.15, 0.2) is 0 Å². The molecule has 2 heterocycles. The van der Waals surface area contributed by atoms with Gasteiger partial charge in [0.25, 0.3) is 5.91 Å². The third-order valence-corrected chi connectivity index (χ3v) is 5.26. The van der Waals surface area contributed by atoms with Crippen molar-refractivity contribution < 1.29 is 4.79 Å². The molecule has 0 bridgehead atoms. The Bertz CT molecular complexity index is 888. The van der Waals surface area contributed by atoms with E-state index in [2.05, 4.69) is 27.8 Å². The molecule has 5 heteroatoms. The van der Waals surface area contributed by atoms with Gasteiger partial charge in [-0.15, -0.1) is 6.58 Å². The molecule has 1 fully saturated rings. The van der Waals surface area contributed by atoms with Crippen molar-refractivity contribution in [1.82, 2.24) is 15.2 Å². The Kier molecular flexibility index (Phi) is 6.23. The van der Waals surface area contributed by atoms with E-state index in [0.717, 1.165) is 48.6 Å². The second-order valence-corrected chi connectivity index (χ2v) is 7.39. The molecule has 28 heavy (non-hydrogen) atoms. The summed E-state index contributed by atoms with van der Waals surface area (Å²) in [6.45, 7) is 11.2. The number of nitrogens with one attached hydrogen (secondary N) is 1. The van der Waals surface area contributed by atoms with Crippen molar-refractivity contribution in [1.29, 1.82) is 5.26 Å². The first-order valence-corrected chi connectivity index (χ1v) is 9.62. The van der Waals surface area contributed by atoms with Gasteiger partial charge >= 0.3 is 0 Å². The van der Waals surface area contributed by atoms with Crippen LogP contribution in [0.25, 0.3) is 11.3 Å². The molecule has 1 unspecified atom stereocenters. The fourth-order valence-electron chi connectivity index (χ4n) is 3.71. The lowest BCUT2D eigenvalue weighted by molar-refractivity contribution is 0.0947. The van der Waals surface area contributed by atoms with E-state index < -0.39 is 0 Å². The van der Waals surface area contributed by atoms with Crippen LogP contribution < -0.4 is 5.32 Å². The number of hydrogen-bond acceptors (Lipinski definition) is 4. The Morgan fingerprint density at radius 1 is 1.39 bits per heavy atom. The maximum Gasteiger partial charge on any atom is 0.251 e. The highest BCUT2D eigenvalue weighted by molar-refractivity contribution is 5.94. The molecule has 0 spiro atoms. The number of aryl methyl sites for hydroxylation is 2. The first-order chi connectivity index (χ1) is 13.5. The van der Waals surface area contributed by atoms with Gasteiger partial charge in [0.1, 0.15) is 6.07 Å². The summed E-state index contributed by atoms with van der Waals surface area (Å²) in [5, 5.41) is 12.2. The zero-order chi connectivity index (χ0) is 20.1. The molecule has 3 rings (SSSR count). The standard InChI is InChI=1S/C23H26N4O/c1-4-10-27-11-9-18(15-27)14-25-23(28)20-7-5-19(6-8-20)22-12-16(2)21(13-24)17(3)26-22/h4-8,12,18H,1,9-11,14-15H2,2-3H3,(H,25,28). The van der Waals surface area contributed by atoms with E-state index in [-0.39, 0.29) is 5.91 Å². The van der Waals surface area contributed by atoms with Crippen LogP contribution in [0.5, 0.6) is 0 Å². The van der Waals surface area contributed by atoms with E-state index in [4.69, 9.17) is 0 Å². The SMILES string of the molecule is C=CCN1CCC(CNC(=O)c2ccc(-c3cc(C)c(C#N)c(C)n3)cc2)C1. The van der Waals surface area contributed by atoms with Gasteiger partial charge in [-0.3, -0.25) is 14.7 Å². The normalized spacial score (nSPS) is 16.5. The van der Waals surface area contributed by atoms with Crippen molar-refractivity contribution in [3.8, 4) is 17.3 Å². The summed E-state index contributed by atoms with van der Waals surface area (Å²) in [6.07, 6.45) is 3.03. The maximum absolute atomic E-state index is 12.5. The lowest BCUT2D eigenvalue weighted by Gasteiger charge is -2.14. The van der Waals surface area contributed by atoms with E-state index in [1.54, 1.807) is 0 Å². The number of likely N-dealkylation sites (tertiary alicyclic amines) is 1. The molecule has 1 aliphatic rings. The topological polar surface area (TPSA) is 69.0 Å². The summed E-state index contributed by atoms with van der Waals surface area (Å²) in [7, 11) is 0. The van der Waals surface area contributed by atoms with Gasteiger partial charge in [-0.05, 0) is 56.5 Å². The zero-order valence-corrected chi connectivity index (χ0v) is 16.5. The number of nitrogens with zero attached hydrogens (tertiary/aromatic N) is 3. The molecule has 0 saturated carbocycles. The first-order valence-electron chi connectivity index (χ1n) is 9.62. The fourth-order valence-corrected chi connectivity index (χ4v) is 3.71. The molecule has 1 aliphatic heterocycles. The minimum absolute atomic E-state index is 0.0473. The van der Waals surface area contributed by atoms with Crippen LogP contribution in [0, 0.1) is 31.1 Å². The van der Waals surface area contributed by atoms with Gasteiger partial charge in [0, 0.05) is 30.8 Å². The van der Waals surface area contributed by atoms with E-state index >= 15 is 0 Å². The van der Waals surface area contributed by atoms with Crippen molar-refractivity contribution in [2.75, 3.05) is 26.2 Å². The number of rotatable bonds is 6. The number of aromatic nitrogens is 1. The summed E-state index contributed by atoms with van der Waals surface area (Å²) >= 11 is 0. The quantitative estimate of drug-likeness (QED) is 0.786. The van der Waals surface area contributed by atoms with Gasteiger partial charge in [-0.25, -0.2) is 0 Å². The van der Waals surface area contributed by atoms with Crippen LogP contribution in [0.3, 0.4) is 0 Å². The molecule has 1 amide bonds. The summed E-state index contributed by atoms with van der Waals surface area (Å²) in [5.41, 5.74) is 4.65. The number of amides is 1. The molecular weight excluding hydrogens is 348 g/mol. The second-order valence-electron chi connectivity index (χ2n) is 7.39. The second kappa shape index (κ2) is 8.81. The van der Waals surface area contributed by atoms with Gasteiger partial charge in [0.2, 0.25) is 0 Å². The van der Waals surface area contributed by atoms with Crippen LogP contribution in [0.15, 0.2) is 43.0 Å². The molecule has 1 aromatic heterocycles. The summed E-state index contributed by atoms with van der Waals surface area (Å²) < 4.78 is 0. The number of pyridine rings is 1. The van der Waals surface area contributed by atoms with Crippen LogP contribution in [0.1, 0.15) is 33.6 Å². The predicted molar refractivity (Wildman–Crippen MR) is 111 cm³/mol. The lowest BCUT2D eigenvalue weighted by Crippen LogP contribution is -2.31. The maximum atomic E-state index is 12.5. The van der Waals surface area contributed by atoms with Crippen molar-refractivity contribution in [3.63, 3.8) is 0 Å². The molecule has 1 N–H and O–H groups in total. The Labute approximate surface area is 166 Å². The third kappa shape index (κ3) is 4.47. The number of hydrogen-bond donors (Lipinski definition) is 1. The van der Waals surface area contributed by atoms with Crippen molar-refractivity contribution in [3.05, 3.63) is 65.4 Å². The number of nitriles is 1. The lowest BCUT2D eigenvalue weighted by atomic mass is 10.0. The minimum atomic E-state index is -0.0473. The highest BCUT2D eigenvalue weighted by Crippen LogP contribution is 2.22. The highest BCUT2D eigenvalue weighted by Gasteiger charge is 2.22. The van der Waals surface area contributed by atoms with Crippen LogP contribution in [-0.4, -0.2) is 42.0 Å². The number of carbonyl (C=O) groups is 1. The van der Waals surface area contributed by atoms with Gasteiger partial charge in [-0.1, -0.05) is 18.2 Å². The number of carbonyl (C=O) groups excluding carboxylic acids is 1. The average Bonchev–Trinajstić information content (AvgIpc) is 3.14. The van der Waals surface area contributed by atoms with E-state index in [1.807, 2.05) is 50.3 Å². The van der Waals surface area contributed by atoms with E-state index in [1.165, 1.54) is 0 Å². The zero-order valence-electron chi connectivity index (χ0n) is 16.5. The molecular formula is C23H26N4O. The van der Waals surface area contributed by atoms with Crippen molar-refractivity contribution in [2.45, 2.75) is 20.3 Å². The van der Waals surface area contributed by atoms with Gasteiger partial charge < -0.3 is 5.32 Å².